The average molecular weight is 479 g/mol. The molecular weight excluding hydrogens is 448 g/mol. The van der Waals surface area contributed by atoms with Crippen LogP contribution in [0.3, 0.4) is 0 Å². The van der Waals surface area contributed by atoms with Crippen LogP contribution in [0.1, 0.15) is 90.4 Å². The van der Waals surface area contributed by atoms with E-state index in [0.717, 1.165) is 19.3 Å². The third-order valence-corrected chi connectivity index (χ3v) is 7.53. The van der Waals surface area contributed by atoms with Crippen LogP contribution in [0.25, 0.3) is 0 Å². The Labute approximate surface area is 206 Å². The van der Waals surface area contributed by atoms with Gasteiger partial charge < -0.3 is 9.90 Å². The fourth-order valence-electron chi connectivity index (χ4n) is 2.68. The summed E-state index contributed by atoms with van der Waals surface area (Å²) < 4.78 is -4.45. The molecule has 0 fully saturated rings. The first-order valence-corrected chi connectivity index (χ1v) is 11.2. The molecule has 0 amide bonds. The number of carboxylic acids is 1. The Balaban J connectivity index is 0. The van der Waals surface area contributed by atoms with E-state index in [1.165, 1.54) is 57.8 Å². The molecule has 0 aliphatic heterocycles. The Kier molecular flexibility index (Phi) is 19.3. The SMILES string of the molecule is CCCCCCCCCCCCCCC(Cl)C(Cl)(Cl)C(Cl)(Cl)C(=O)[O-].[Na+]. The van der Waals surface area contributed by atoms with Gasteiger partial charge in [0.25, 0.3) is 0 Å². The van der Waals surface area contributed by atoms with Crippen molar-refractivity contribution in [3.8, 4) is 0 Å². The van der Waals surface area contributed by atoms with Crippen molar-refractivity contribution in [2.45, 2.75) is 104 Å². The zero-order chi connectivity index (χ0) is 19.3. The molecule has 0 saturated heterocycles. The van der Waals surface area contributed by atoms with Crippen LogP contribution in [0, 0.1) is 0 Å². The summed E-state index contributed by atoms with van der Waals surface area (Å²) in [4.78, 5) is 10.9. The number of halogens is 5. The maximum absolute atomic E-state index is 10.9. The van der Waals surface area contributed by atoms with Crippen LogP contribution in [-0.4, -0.2) is 20.0 Å². The van der Waals surface area contributed by atoms with E-state index in [2.05, 4.69) is 6.92 Å². The molecule has 0 heterocycles. The summed E-state index contributed by atoms with van der Waals surface area (Å²) in [6.45, 7) is 2.23. The van der Waals surface area contributed by atoms with Crippen LogP contribution in [0.5, 0.6) is 0 Å². The molecule has 0 radical (unpaired) electrons. The van der Waals surface area contributed by atoms with Gasteiger partial charge in [0.15, 0.2) is 8.67 Å². The van der Waals surface area contributed by atoms with Crippen molar-refractivity contribution in [2.24, 2.45) is 0 Å². The molecule has 26 heavy (non-hydrogen) atoms. The van der Waals surface area contributed by atoms with E-state index in [1.807, 2.05) is 0 Å². The Bertz CT molecular complexity index is 367. The minimum absolute atomic E-state index is 0. The molecular formula is C18H30Cl5NaO2. The van der Waals surface area contributed by atoms with Crippen molar-refractivity contribution >= 4 is 64.0 Å². The van der Waals surface area contributed by atoms with Crippen LogP contribution < -0.4 is 34.7 Å². The molecule has 0 aliphatic carbocycles. The molecule has 0 spiro atoms. The van der Waals surface area contributed by atoms with Gasteiger partial charge in [-0.25, -0.2) is 0 Å². The molecule has 0 bridgehead atoms. The predicted octanol–water partition coefficient (Wildman–Crippen LogP) is 3.79. The maximum Gasteiger partial charge on any atom is 1.00 e. The molecule has 0 saturated carbocycles. The second kappa shape index (κ2) is 16.7. The fraction of sp³-hybridized carbons (Fsp3) is 0.944. The number of carboxylic acid groups (broad SMARTS) is 1. The minimum atomic E-state index is -2.44. The van der Waals surface area contributed by atoms with E-state index < -0.39 is 20.0 Å². The molecule has 2 nitrogen and oxygen atoms in total. The van der Waals surface area contributed by atoms with Crippen molar-refractivity contribution < 1.29 is 39.5 Å². The minimum Gasteiger partial charge on any atom is -0.547 e. The first-order valence-electron chi connectivity index (χ1n) is 9.29. The Hall–Kier alpha value is 1.92. The maximum atomic E-state index is 10.9. The number of carbonyl (C=O) groups is 1. The smallest absolute Gasteiger partial charge is 0.547 e. The van der Waals surface area contributed by atoms with Gasteiger partial charge in [0.05, 0.1) is 11.3 Å². The predicted molar refractivity (Wildman–Crippen MR) is 109 cm³/mol. The van der Waals surface area contributed by atoms with Crippen molar-refractivity contribution in [1.29, 1.82) is 0 Å². The Morgan fingerprint density at radius 1 is 0.808 bits per heavy atom. The van der Waals surface area contributed by atoms with Crippen molar-refractivity contribution in [1.82, 2.24) is 0 Å². The third kappa shape index (κ3) is 11.8. The van der Waals surface area contributed by atoms with Gasteiger partial charge in [-0.15, -0.1) is 11.6 Å². The molecule has 0 rings (SSSR count). The number of aliphatic carboxylic acids is 1. The summed E-state index contributed by atoms with van der Waals surface area (Å²) >= 11 is 29.4. The molecule has 0 aromatic carbocycles. The monoisotopic (exact) mass is 476 g/mol. The van der Waals surface area contributed by atoms with Crippen LogP contribution >= 0.6 is 58.0 Å². The van der Waals surface area contributed by atoms with Gasteiger partial charge in [-0.3, -0.25) is 0 Å². The first kappa shape index (κ1) is 30.1. The van der Waals surface area contributed by atoms with Gasteiger partial charge in [0.1, 0.15) is 0 Å². The number of hydrogen-bond donors (Lipinski definition) is 0. The van der Waals surface area contributed by atoms with E-state index >= 15 is 0 Å². The zero-order valence-electron chi connectivity index (χ0n) is 16.0. The second-order valence-corrected chi connectivity index (χ2v) is 9.87. The summed E-state index contributed by atoms with van der Waals surface area (Å²) in [6.07, 6.45) is 15.1. The molecule has 0 aromatic rings. The van der Waals surface area contributed by atoms with Gasteiger partial charge in [0, 0.05) is 0 Å². The van der Waals surface area contributed by atoms with E-state index in [9.17, 15) is 9.90 Å². The van der Waals surface area contributed by atoms with Gasteiger partial charge in [-0.2, -0.15) is 0 Å². The normalized spacial score (nSPS) is 13.3. The molecule has 1 atom stereocenters. The summed E-state index contributed by atoms with van der Waals surface area (Å²) in [7, 11) is 0. The number of alkyl halides is 5. The summed E-state index contributed by atoms with van der Waals surface area (Å²) in [5.74, 6) is -1.75. The number of hydrogen-bond acceptors (Lipinski definition) is 2. The Morgan fingerprint density at radius 2 is 1.15 bits per heavy atom. The second-order valence-electron chi connectivity index (χ2n) is 6.63. The summed E-state index contributed by atoms with van der Waals surface area (Å²) in [5, 5.41) is 10.1. The summed E-state index contributed by atoms with van der Waals surface area (Å²) in [5.41, 5.74) is 0. The van der Waals surface area contributed by atoms with E-state index in [1.54, 1.807) is 0 Å². The third-order valence-electron chi connectivity index (χ3n) is 4.38. The van der Waals surface area contributed by atoms with Gasteiger partial charge in [-0.05, 0) is 6.42 Å². The van der Waals surface area contributed by atoms with E-state index in [-0.39, 0.29) is 29.6 Å². The number of unbranched alkanes of at least 4 members (excludes halogenated alkanes) is 11. The largest absolute Gasteiger partial charge is 1.00 e. The molecule has 150 valence electrons. The van der Waals surface area contributed by atoms with Crippen molar-refractivity contribution in [2.75, 3.05) is 0 Å². The molecule has 1 unspecified atom stereocenters. The van der Waals surface area contributed by atoms with Crippen LogP contribution in [0.4, 0.5) is 0 Å². The summed E-state index contributed by atoms with van der Waals surface area (Å²) in [6, 6.07) is 0. The fourth-order valence-corrected chi connectivity index (χ4v) is 3.74. The Morgan fingerprint density at radius 3 is 1.50 bits per heavy atom. The molecule has 8 heteroatoms. The van der Waals surface area contributed by atoms with Crippen molar-refractivity contribution in [3.63, 3.8) is 0 Å². The van der Waals surface area contributed by atoms with Crippen LogP contribution in [0.2, 0.25) is 0 Å². The molecule has 0 aliphatic rings. The quantitative estimate of drug-likeness (QED) is 0.192. The zero-order valence-corrected chi connectivity index (χ0v) is 21.8. The van der Waals surface area contributed by atoms with Gasteiger partial charge >= 0.3 is 29.6 Å². The first-order chi connectivity index (χ1) is 11.7. The molecule has 0 aromatic heterocycles. The van der Waals surface area contributed by atoms with Crippen LogP contribution in [0.15, 0.2) is 0 Å². The van der Waals surface area contributed by atoms with Crippen molar-refractivity contribution in [3.05, 3.63) is 0 Å². The molecule has 0 N–H and O–H groups in total. The number of carbonyl (C=O) groups excluding carboxylic acids is 1. The van der Waals surface area contributed by atoms with Gasteiger partial charge in [-0.1, -0.05) is 130 Å². The number of rotatable bonds is 16. The average Bonchev–Trinajstić information content (AvgIpc) is 2.55. The van der Waals surface area contributed by atoms with Crippen LogP contribution in [-0.2, 0) is 4.79 Å². The standard InChI is InChI=1S/C18H31Cl5O2.Na/c1-2-3-4-5-6-7-8-9-10-11-12-13-14-15(19)17(20,21)18(22,23)16(24)25;/h15H,2-14H2,1H3,(H,24,25);/q;+1/p-1. The van der Waals surface area contributed by atoms with E-state index in [0.29, 0.717) is 6.42 Å². The van der Waals surface area contributed by atoms with Gasteiger partial charge in [0.2, 0.25) is 0 Å². The topological polar surface area (TPSA) is 40.1 Å². The van der Waals surface area contributed by atoms with E-state index in [4.69, 9.17) is 58.0 Å².